The standard InChI is InChI=1S/C17H24FNO3.Na/c1-2-3-4-5-6-7-14(18)12-16(20)19-15-10-8-13(9-11-15)17(21)22;/h8-11,14H,2-7,12H2,1H3,(H,19,20)(H,21,22);/q;+1/p-1. The SMILES string of the molecule is CCCCCCCC(F)CC(=O)Nc1ccc(C(=O)[O-])cc1.[Na+]. The summed E-state index contributed by atoms with van der Waals surface area (Å²) in [4.78, 5) is 22.3. The Kier molecular flexibility index (Phi) is 12.0. The number of benzene rings is 1. The minimum atomic E-state index is -1.27. The second kappa shape index (κ2) is 12.5. The van der Waals surface area contributed by atoms with Crippen molar-refractivity contribution in [3.8, 4) is 0 Å². The zero-order valence-corrected chi connectivity index (χ0v) is 15.9. The average Bonchev–Trinajstić information content (AvgIpc) is 2.47. The van der Waals surface area contributed by atoms with E-state index in [0.717, 1.165) is 25.7 Å². The van der Waals surface area contributed by atoms with Gasteiger partial charge < -0.3 is 15.2 Å². The summed E-state index contributed by atoms with van der Waals surface area (Å²) in [6, 6.07) is 5.60. The number of unbranched alkanes of at least 4 members (excludes halogenated alkanes) is 4. The van der Waals surface area contributed by atoms with Gasteiger partial charge in [0.15, 0.2) is 0 Å². The number of amides is 1. The molecule has 0 bridgehead atoms. The summed E-state index contributed by atoms with van der Waals surface area (Å²) in [5.41, 5.74) is 0.485. The first-order valence-corrected chi connectivity index (χ1v) is 7.78. The van der Waals surface area contributed by atoms with E-state index in [1.54, 1.807) is 0 Å². The van der Waals surface area contributed by atoms with E-state index in [4.69, 9.17) is 0 Å². The maximum atomic E-state index is 13.7. The van der Waals surface area contributed by atoms with E-state index in [0.29, 0.717) is 12.1 Å². The first kappa shape index (κ1) is 22.1. The molecule has 122 valence electrons. The van der Waals surface area contributed by atoms with Crippen molar-refractivity contribution in [3.63, 3.8) is 0 Å². The smallest absolute Gasteiger partial charge is 0.545 e. The van der Waals surface area contributed by atoms with Crippen LogP contribution in [0.15, 0.2) is 24.3 Å². The van der Waals surface area contributed by atoms with Crippen LogP contribution in [0.4, 0.5) is 10.1 Å². The van der Waals surface area contributed by atoms with Gasteiger partial charge in [0.25, 0.3) is 0 Å². The van der Waals surface area contributed by atoms with Crippen molar-refractivity contribution in [2.45, 2.75) is 58.0 Å². The fourth-order valence-electron chi connectivity index (χ4n) is 2.17. The number of halogens is 1. The first-order chi connectivity index (χ1) is 10.5. The molecule has 0 heterocycles. The van der Waals surface area contributed by atoms with Gasteiger partial charge in [-0.2, -0.15) is 0 Å². The van der Waals surface area contributed by atoms with Gasteiger partial charge >= 0.3 is 29.6 Å². The van der Waals surface area contributed by atoms with Crippen LogP contribution < -0.4 is 40.0 Å². The number of aromatic carboxylic acids is 1. The molecule has 0 fully saturated rings. The Labute approximate surface area is 159 Å². The van der Waals surface area contributed by atoms with Gasteiger partial charge in [-0.25, -0.2) is 4.39 Å². The molecule has 0 saturated heterocycles. The van der Waals surface area contributed by atoms with E-state index in [2.05, 4.69) is 12.2 Å². The maximum Gasteiger partial charge on any atom is 1.00 e. The molecule has 0 radical (unpaired) electrons. The topological polar surface area (TPSA) is 69.2 Å². The number of carbonyl (C=O) groups is 2. The minimum Gasteiger partial charge on any atom is -0.545 e. The quantitative estimate of drug-likeness (QED) is 0.488. The molecule has 1 aromatic rings. The molecule has 1 atom stereocenters. The Hall–Kier alpha value is -0.910. The molecule has 4 nitrogen and oxygen atoms in total. The van der Waals surface area contributed by atoms with Gasteiger partial charge in [-0.1, -0.05) is 51.2 Å². The van der Waals surface area contributed by atoms with Gasteiger partial charge in [0, 0.05) is 5.69 Å². The van der Waals surface area contributed by atoms with Crippen molar-refractivity contribution in [3.05, 3.63) is 29.8 Å². The molecule has 0 saturated carbocycles. The Balaban J connectivity index is 0.00000484. The van der Waals surface area contributed by atoms with Gasteiger partial charge in [-0.3, -0.25) is 4.79 Å². The van der Waals surface area contributed by atoms with Crippen LogP contribution >= 0.6 is 0 Å². The van der Waals surface area contributed by atoms with Crippen LogP contribution in [0, 0.1) is 0 Å². The summed E-state index contributed by atoms with van der Waals surface area (Å²) in [6.45, 7) is 2.13. The van der Waals surface area contributed by atoms with Crippen LogP contribution in [0.5, 0.6) is 0 Å². The van der Waals surface area contributed by atoms with Crippen molar-refractivity contribution < 1.29 is 48.6 Å². The summed E-state index contributed by atoms with van der Waals surface area (Å²) in [7, 11) is 0. The molecule has 1 amide bonds. The van der Waals surface area contributed by atoms with E-state index in [1.165, 1.54) is 30.7 Å². The normalized spacial score (nSPS) is 11.4. The molecule has 0 aliphatic carbocycles. The third-order valence-corrected chi connectivity index (χ3v) is 3.43. The summed E-state index contributed by atoms with van der Waals surface area (Å²) >= 11 is 0. The molecule has 1 unspecified atom stereocenters. The van der Waals surface area contributed by atoms with E-state index in [9.17, 15) is 19.1 Å². The second-order valence-corrected chi connectivity index (χ2v) is 5.42. The molecule has 0 aliphatic rings. The summed E-state index contributed by atoms with van der Waals surface area (Å²) < 4.78 is 13.7. The van der Waals surface area contributed by atoms with Crippen molar-refractivity contribution in [1.82, 2.24) is 0 Å². The number of rotatable bonds is 10. The number of nitrogens with one attached hydrogen (secondary N) is 1. The van der Waals surface area contributed by atoms with Crippen molar-refractivity contribution in [2.24, 2.45) is 0 Å². The molecular weight excluding hydrogens is 308 g/mol. The van der Waals surface area contributed by atoms with Gasteiger partial charge in [0.2, 0.25) is 5.91 Å². The van der Waals surface area contributed by atoms with Crippen molar-refractivity contribution >= 4 is 17.6 Å². The zero-order chi connectivity index (χ0) is 16.4. The third kappa shape index (κ3) is 9.74. The molecule has 1 aromatic carbocycles. The maximum absolute atomic E-state index is 13.7. The molecule has 0 aliphatic heterocycles. The van der Waals surface area contributed by atoms with Crippen LogP contribution in [0.3, 0.4) is 0 Å². The second-order valence-electron chi connectivity index (χ2n) is 5.42. The van der Waals surface area contributed by atoms with Crippen LogP contribution in [0.25, 0.3) is 0 Å². The number of hydrogen-bond acceptors (Lipinski definition) is 3. The predicted molar refractivity (Wildman–Crippen MR) is 82.3 cm³/mol. The molecule has 0 aromatic heterocycles. The molecule has 6 heteroatoms. The fourth-order valence-corrected chi connectivity index (χ4v) is 2.17. The van der Waals surface area contributed by atoms with E-state index < -0.39 is 18.0 Å². The summed E-state index contributed by atoms with van der Waals surface area (Å²) in [5.74, 6) is -1.67. The van der Waals surface area contributed by atoms with Crippen LogP contribution in [0.1, 0.15) is 62.2 Å². The van der Waals surface area contributed by atoms with Crippen LogP contribution in [-0.2, 0) is 4.79 Å². The molecule has 23 heavy (non-hydrogen) atoms. The Morgan fingerprint density at radius 1 is 1.13 bits per heavy atom. The van der Waals surface area contributed by atoms with Gasteiger partial charge in [-0.15, -0.1) is 0 Å². The number of carbonyl (C=O) groups excluding carboxylic acids is 2. The summed E-state index contributed by atoms with van der Waals surface area (Å²) in [6.07, 6.45) is 4.33. The Morgan fingerprint density at radius 3 is 2.30 bits per heavy atom. The summed E-state index contributed by atoms with van der Waals surface area (Å²) in [5, 5.41) is 13.2. The third-order valence-electron chi connectivity index (χ3n) is 3.43. The number of carboxylic acids is 1. The van der Waals surface area contributed by atoms with Gasteiger partial charge in [0.1, 0.15) is 6.17 Å². The van der Waals surface area contributed by atoms with Crippen LogP contribution in [-0.4, -0.2) is 18.0 Å². The van der Waals surface area contributed by atoms with Crippen molar-refractivity contribution in [1.29, 1.82) is 0 Å². The number of anilines is 1. The van der Waals surface area contributed by atoms with E-state index in [-0.39, 0.29) is 41.5 Å². The van der Waals surface area contributed by atoms with Crippen molar-refractivity contribution in [2.75, 3.05) is 5.32 Å². The van der Waals surface area contributed by atoms with E-state index >= 15 is 0 Å². The van der Waals surface area contributed by atoms with Gasteiger partial charge in [0.05, 0.1) is 12.4 Å². The molecule has 0 spiro atoms. The Morgan fingerprint density at radius 2 is 1.74 bits per heavy atom. The fraction of sp³-hybridized carbons (Fsp3) is 0.529. The monoisotopic (exact) mass is 331 g/mol. The number of alkyl halides is 1. The zero-order valence-electron chi connectivity index (χ0n) is 13.9. The average molecular weight is 331 g/mol. The van der Waals surface area contributed by atoms with E-state index in [1.807, 2.05) is 0 Å². The first-order valence-electron chi connectivity index (χ1n) is 7.78. The molecule has 1 N–H and O–H groups in total. The minimum absolute atomic E-state index is 0. The number of hydrogen-bond donors (Lipinski definition) is 1. The predicted octanol–water partition coefficient (Wildman–Crippen LogP) is 0.0813. The Bertz CT molecular complexity index is 479. The largest absolute Gasteiger partial charge is 1.00 e. The molecule has 1 rings (SSSR count). The van der Waals surface area contributed by atoms with Crippen LogP contribution in [0.2, 0.25) is 0 Å². The molecular formula is C17H23FNNaO3. The number of carboxylic acid groups (broad SMARTS) is 1. The van der Waals surface area contributed by atoms with Gasteiger partial charge in [-0.05, 0) is 24.1 Å².